The third kappa shape index (κ3) is 2.48. The van der Waals surface area contributed by atoms with Crippen molar-refractivity contribution < 1.29 is 18.3 Å². The summed E-state index contributed by atoms with van der Waals surface area (Å²) in [7, 11) is 1.39. The van der Waals surface area contributed by atoms with Gasteiger partial charge in [0.2, 0.25) is 11.8 Å². The molecule has 0 aliphatic rings. The Kier molecular flexibility index (Phi) is 3.27. The zero-order chi connectivity index (χ0) is 13.1. The molecule has 6 heteroatoms. The molecule has 1 heterocycles. The zero-order valence-electron chi connectivity index (χ0n) is 9.48. The van der Waals surface area contributed by atoms with E-state index >= 15 is 0 Å². The summed E-state index contributed by atoms with van der Waals surface area (Å²) in [5.74, 6) is -1.33. The molecule has 0 amide bonds. The minimum atomic E-state index is -0.686. The average Bonchev–Trinajstić information content (AvgIpc) is 2.36. The second-order valence-electron chi connectivity index (χ2n) is 3.42. The number of aromatic nitrogens is 1. The average molecular weight is 252 g/mol. The predicted octanol–water partition coefficient (Wildman–Crippen LogP) is 2.74. The third-order valence-corrected chi connectivity index (χ3v) is 2.17. The monoisotopic (exact) mass is 252 g/mol. The molecule has 0 saturated heterocycles. The number of ether oxygens (including phenoxy) is 2. The highest BCUT2D eigenvalue weighted by atomic mass is 19.1. The number of methoxy groups -OCH3 is 1. The summed E-state index contributed by atoms with van der Waals surface area (Å²) in [6.45, 7) is 0. The lowest BCUT2D eigenvalue weighted by atomic mass is 10.3. The number of halogens is 2. The number of hydrogen-bond acceptors (Lipinski definition) is 4. The van der Waals surface area contributed by atoms with Crippen LogP contribution in [0.3, 0.4) is 0 Å². The number of rotatable bonds is 3. The number of pyridine rings is 1. The van der Waals surface area contributed by atoms with E-state index < -0.39 is 11.6 Å². The number of nitrogen functional groups attached to an aromatic ring is 1. The van der Waals surface area contributed by atoms with Crippen LogP contribution in [0.5, 0.6) is 17.5 Å². The molecular formula is C12H10F2N2O2. The minimum Gasteiger partial charge on any atom is -0.479 e. The maximum Gasteiger partial charge on any atom is 0.240 e. The van der Waals surface area contributed by atoms with E-state index in [0.717, 1.165) is 18.2 Å². The predicted molar refractivity (Wildman–Crippen MR) is 61.6 cm³/mol. The SMILES string of the molecule is COc1nc(Oc2cc(F)ccc2F)ccc1N. The summed E-state index contributed by atoms with van der Waals surface area (Å²) in [4.78, 5) is 3.90. The van der Waals surface area contributed by atoms with Crippen molar-refractivity contribution in [2.24, 2.45) is 0 Å². The highest BCUT2D eigenvalue weighted by molar-refractivity contribution is 5.49. The van der Waals surface area contributed by atoms with Gasteiger partial charge in [0.15, 0.2) is 11.6 Å². The van der Waals surface area contributed by atoms with Gasteiger partial charge in [0.1, 0.15) is 5.82 Å². The molecule has 4 nitrogen and oxygen atoms in total. The molecule has 0 fully saturated rings. The van der Waals surface area contributed by atoms with Gasteiger partial charge in [-0.25, -0.2) is 8.78 Å². The summed E-state index contributed by atoms with van der Waals surface area (Å²) in [5, 5.41) is 0. The van der Waals surface area contributed by atoms with Crippen LogP contribution in [0.25, 0.3) is 0 Å². The summed E-state index contributed by atoms with van der Waals surface area (Å²) in [6.07, 6.45) is 0. The Balaban J connectivity index is 2.31. The Morgan fingerprint density at radius 1 is 1.17 bits per heavy atom. The van der Waals surface area contributed by atoms with E-state index in [4.69, 9.17) is 15.2 Å². The fourth-order valence-corrected chi connectivity index (χ4v) is 1.32. The standard InChI is InChI=1S/C12H10F2N2O2/c1-17-12-9(15)4-5-11(16-12)18-10-6-7(13)2-3-8(10)14/h2-6H,15H2,1H3. The molecular weight excluding hydrogens is 242 g/mol. The van der Waals surface area contributed by atoms with Crippen LogP contribution >= 0.6 is 0 Å². The fraction of sp³-hybridized carbons (Fsp3) is 0.0833. The van der Waals surface area contributed by atoms with Gasteiger partial charge in [-0.3, -0.25) is 0 Å². The Hall–Kier alpha value is -2.37. The molecule has 1 aromatic heterocycles. The topological polar surface area (TPSA) is 57.4 Å². The highest BCUT2D eigenvalue weighted by Crippen LogP contribution is 2.27. The van der Waals surface area contributed by atoms with Gasteiger partial charge in [0.05, 0.1) is 12.8 Å². The number of benzene rings is 1. The van der Waals surface area contributed by atoms with Gasteiger partial charge < -0.3 is 15.2 Å². The smallest absolute Gasteiger partial charge is 0.240 e. The molecule has 1 aromatic carbocycles. The first-order valence-electron chi connectivity index (χ1n) is 5.03. The molecule has 0 spiro atoms. The van der Waals surface area contributed by atoms with E-state index in [1.165, 1.54) is 19.2 Å². The van der Waals surface area contributed by atoms with E-state index in [0.29, 0.717) is 5.69 Å². The molecule has 0 aliphatic heterocycles. The number of anilines is 1. The lowest BCUT2D eigenvalue weighted by Crippen LogP contribution is -1.98. The van der Waals surface area contributed by atoms with Crippen LogP contribution in [0.15, 0.2) is 30.3 Å². The first-order valence-corrected chi connectivity index (χ1v) is 5.03. The van der Waals surface area contributed by atoms with Crippen molar-refractivity contribution in [3.63, 3.8) is 0 Å². The highest BCUT2D eigenvalue weighted by Gasteiger charge is 2.09. The largest absolute Gasteiger partial charge is 0.479 e. The fourth-order valence-electron chi connectivity index (χ4n) is 1.32. The van der Waals surface area contributed by atoms with Crippen LogP contribution in [-0.2, 0) is 0 Å². The van der Waals surface area contributed by atoms with Crippen molar-refractivity contribution in [2.45, 2.75) is 0 Å². The molecule has 0 unspecified atom stereocenters. The molecule has 94 valence electrons. The zero-order valence-corrected chi connectivity index (χ0v) is 9.48. The first kappa shape index (κ1) is 12.1. The van der Waals surface area contributed by atoms with E-state index in [-0.39, 0.29) is 17.5 Å². The Labute approximate surface area is 102 Å². The van der Waals surface area contributed by atoms with Crippen molar-refractivity contribution in [2.75, 3.05) is 12.8 Å². The van der Waals surface area contributed by atoms with E-state index in [2.05, 4.69) is 4.98 Å². The molecule has 0 atom stereocenters. The van der Waals surface area contributed by atoms with Crippen LogP contribution in [0.1, 0.15) is 0 Å². The van der Waals surface area contributed by atoms with Gasteiger partial charge in [0.25, 0.3) is 0 Å². The molecule has 0 bridgehead atoms. The van der Waals surface area contributed by atoms with Gasteiger partial charge in [-0.15, -0.1) is 0 Å². The second kappa shape index (κ2) is 4.87. The van der Waals surface area contributed by atoms with Crippen LogP contribution in [-0.4, -0.2) is 12.1 Å². The first-order chi connectivity index (χ1) is 8.60. The Morgan fingerprint density at radius 3 is 2.67 bits per heavy atom. The molecule has 0 aliphatic carbocycles. The maximum atomic E-state index is 13.3. The van der Waals surface area contributed by atoms with Gasteiger partial charge in [-0.2, -0.15) is 4.98 Å². The molecule has 2 N–H and O–H groups in total. The van der Waals surface area contributed by atoms with Crippen molar-refractivity contribution in [1.82, 2.24) is 4.98 Å². The molecule has 0 radical (unpaired) electrons. The van der Waals surface area contributed by atoms with E-state index in [9.17, 15) is 8.78 Å². The number of hydrogen-bond donors (Lipinski definition) is 1. The van der Waals surface area contributed by atoms with E-state index in [1.54, 1.807) is 0 Å². The summed E-state index contributed by atoms with van der Waals surface area (Å²) < 4.78 is 36.3. The summed E-state index contributed by atoms with van der Waals surface area (Å²) in [5.41, 5.74) is 5.89. The van der Waals surface area contributed by atoms with Crippen LogP contribution in [0.2, 0.25) is 0 Å². The quantitative estimate of drug-likeness (QED) is 0.912. The Bertz CT molecular complexity index is 576. The molecule has 0 saturated carbocycles. The third-order valence-electron chi connectivity index (χ3n) is 2.17. The summed E-state index contributed by atoms with van der Waals surface area (Å²) >= 11 is 0. The summed E-state index contributed by atoms with van der Waals surface area (Å²) in [6, 6.07) is 5.83. The lowest BCUT2D eigenvalue weighted by molar-refractivity contribution is 0.379. The van der Waals surface area contributed by atoms with Gasteiger partial charge in [-0.05, 0) is 18.2 Å². The molecule has 2 rings (SSSR count). The lowest BCUT2D eigenvalue weighted by Gasteiger charge is -2.08. The van der Waals surface area contributed by atoms with Crippen molar-refractivity contribution in [3.05, 3.63) is 42.0 Å². The number of nitrogens with zero attached hydrogens (tertiary/aromatic N) is 1. The van der Waals surface area contributed by atoms with Crippen molar-refractivity contribution in [3.8, 4) is 17.5 Å². The van der Waals surface area contributed by atoms with Crippen molar-refractivity contribution >= 4 is 5.69 Å². The molecule has 2 aromatic rings. The van der Waals surface area contributed by atoms with Crippen LogP contribution < -0.4 is 15.2 Å². The normalized spacial score (nSPS) is 10.2. The van der Waals surface area contributed by atoms with Gasteiger partial charge >= 0.3 is 0 Å². The van der Waals surface area contributed by atoms with Gasteiger partial charge in [0, 0.05) is 12.1 Å². The van der Waals surface area contributed by atoms with Crippen molar-refractivity contribution in [1.29, 1.82) is 0 Å². The molecule has 18 heavy (non-hydrogen) atoms. The Morgan fingerprint density at radius 2 is 1.94 bits per heavy atom. The second-order valence-corrected chi connectivity index (χ2v) is 3.42. The minimum absolute atomic E-state index is 0.0607. The van der Waals surface area contributed by atoms with Gasteiger partial charge in [-0.1, -0.05) is 0 Å². The van der Waals surface area contributed by atoms with Crippen LogP contribution in [0, 0.1) is 11.6 Å². The van der Waals surface area contributed by atoms with Crippen LogP contribution in [0.4, 0.5) is 14.5 Å². The van der Waals surface area contributed by atoms with E-state index in [1.807, 2.05) is 0 Å². The number of nitrogens with two attached hydrogens (primary N) is 1. The maximum absolute atomic E-state index is 13.3.